The molecule has 4 rings (SSSR count). The van der Waals surface area contributed by atoms with Gasteiger partial charge in [0.05, 0.1) is 0 Å². The maximum absolute atomic E-state index is 2.49. The fourth-order valence-corrected chi connectivity index (χ4v) is 11.7. The Balaban J connectivity index is 0.00000131. The van der Waals surface area contributed by atoms with E-state index in [2.05, 4.69) is 100 Å². The van der Waals surface area contributed by atoms with Crippen molar-refractivity contribution in [3.05, 3.63) is 86.0 Å². The average Bonchev–Trinajstić information content (AvgIpc) is 3.29. The van der Waals surface area contributed by atoms with Gasteiger partial charge in [-0.05, 0) is 0 Å². The first-order valence-corrected chi connectivity index (χ1v) is 12.6. The second-order valence-corrected chi connectivity index (χ2v) is 13.2. The van der Waals surface area contributed by atoms with Crippen molar-refractivity contribution in [2.24, 2.45) is 5.41 Å². The van der Waals surface area contributed by atoms with Crippen molar-refractivity contribution in [2.75, 3.05) is 0 Å². The number of fused-ring (bicyclic) bond motifs is 1. The van der Waals surface area contributed by atoms with Gasteiger partial charge in [0.25, 0.3) is 0 Å². The van der Waals surface area contributed by atoms with E-state index in [1.54, 1.807) is 14.5 Å². The summed E-state index contributed by atoms with van der Waals surface area (Å²) in [6, 6.07) is 13.3. The van der Waals surface area contributed by atoms with Crippen LogP contribution in [0.4, 0.5) is 0 Å². The Bertz CT molecular complexity index is 935. The van der Waals surface area contributed by atoms with Gasteiger partial charge in [-0.2, -0.15) is 0 Å². The van der Waals surface area contributed by atoms with Gasteiger partial charge < -0.3 is 24.8 Å². The molecule has 27 heavy (non-hydrogen) atoms. The van der Waals surface area contributed by atoms with E-state index in [9.17, 15) is 0 Å². The van der Waals surface area contributed by atoms with E-state index in [4.69, 9.17) is 0 Å². The number of hydrogen-bond acceptors (Lipinski definition) is 0. The zero-order valence-corrected chi connectivity index (χ0v) is 21.6. The third-order valence-electron chi connectivity index (χ3n) is 6.27. The summed E-state index contributed by atoms with van der Waals surface area (Å²) in [5.41, 5.74) is 7.74. The molecule has 0 saturated carbocycles. The average molecular weight is 565 g/mol. The quantitative estimate of drug-likeness (QED) is 0.462. The molecule has 1 unspecified atom stereocenters. The second kappa shape index (κ2) is 7.89. The number of nitrogens with zero attached hydrogens (tertiary/aromatic N) is 1. The van der Waals surface area contributed by atoms with E-state index >= 15 is 0 Å². The van der Waals surface area contributed by atoms with Crippen LogP contribution in [0.2, 0.25) is 0 Å². The van der Waals surface area contributed by atoms with Crippen LogP contribution >= 0.6 is 0 Å². The first-order valence-electron chi connectivity index (χ1n) is 8.98. The first kappa shape index (κ1) is 22.5. The standard InChI is InChI=1S/C13H10N.C10H15.2ClH.Hf/c1-2-6-12-11(5-1)7-8-13(12)14-9-3-4-10-14;1-7-6-10(4,5)9(3)8(7)2;;;/h1-10H;1-5H3;2*1H;/q;;;;+2/p-2. The summed E-state index contributed by atoms with van der Waals surface area (Å²) in [4.78, 5) is 0. The van der Waals surface area contributed by atoms with Crippen molar-refractivity contribution in [3.8, 4) is 0 Å². The summed E-state index contributed by atoms with van der Waals surface area (Å²) >= 11 is -1.28. The summed E-state index contributed by atoms with van der Waals surface area (Å²) in [7, 11) is 0. The molecule has 4 heteroatoms. The minimum absolute atomic E-state index is 0. The van der Waals surface area contributed by atoms with Crippen molar-refractivity contribution in [1.82, 2.24) is 4.57 Å². The number of allylic oxidation sites excluding steroid dienone is 5. The molecule has 0 saturated heterocycles. The number of hydrogen-bond donors (Lipinski definition) is 0. The predicted octanol–water partition coefficient (Wildman–Crippen LogP) is -0.0433. The summed E-state index contributed by atoms with van der Waals surface area (Å²) in [5.74, 6) is 0. The minimum atomic E-state index is -1.28. The smallest absolute Gasteiger partial charge is 1.00 e. The monoisotopic (exact) mass is 565 g/mol. The van der Waals surface area contributed by atoms with Gasteiger partial charge in [0.1, 0.15) is 0 Å². The Hall–Kier alpha value is -0.830. The van der Waals surface area contributed by atoms with Crippen LogP contribution in [-0.2, 0) is 26.2 Å². The van der Waals surface area contributed by atoms with Crippen molar-refractivity contribution in [1.29, 1.82) is 0 Å². The Morgan fingerprint density at radius 3 is 2.07 bits per heavy atom. The Morgan fingerprint density at radius 2 is 1.48 bits per heavy atom. The molecule has 2 aromatic rings. The number of aromatic nitrogens is 1. The van der Waals surface area contributed by atoms with Gasteiger partial charge >= 0.3 is 163 Å². The van der Waals surface area contributed by atoms with E-state index < -0.39 is 22.9 Å². The molecule has 0 amide bonds. The Kier molecular flexibility index (Phi) is 6.56. The van der Waals surface area contributed by atoms with Gasteiger partial charge in [0.2, 0.25) is 0 Å². The van der Waals surface area contributed by atoms with Crippen LogP contribution in [0.15, 0.2) is 74.9 Å². The molecule has 2 aliphatic rings. The van der Waals surface area contributed by atoms with Gasteiger partial charge in [-0.1, -0.05) is 0 Å². The zero-order chi connectivity index (χ0) is 17.8. The van der Waals surface area contributed by atoms with E-state index in [0.717, 1.165) is 0 Å². The first-order chi connectivity index (χ1) is 11.9. The molecule has 1 heterocycles. The van der Waals surface area contributed by atoms with Crippen LogP contribution in [0.5, 0.6) is 0 Å². The molecule has 0 bridgehead atoms. The van der Waals surface area contributed by atoms with Crippen molar-refractivity contribution in [3.63, 3.8) is 0 Å². The summed E-state index contributed by atoms with van der Waals surface area (Å²) in [5, 5.41) is 0. The maximum atomic E-state index is 2.49. The van der Waals surface area contributed by atoms with Crippen molar-refractivity contribution < 1.29 is 47.7 Å². The molecule has 1 aromatic carbocycles. The van der Waals surface area contributed by atoms with Gasteiger partial charge in [0.15, 0.2) is 0 Å². The Morgan fingerprint density at radius 1 is 0.852 bits per heavy atom. The number of benzene rings is 1. The molecular formula is C23H25Cl2HfN. The Labute approximate surface area is 186 Å². The molecule has 0 spiro atoms. The van der Waals surface area contributed by atoms with E-state index in [0.29, 0.717) is 0 Å². The van der Waals surface area contributed by atoms with Crippen LogP contribution in [0.1, 0.15) is 45.7 Å². The molecule has 1 atom stereocenters. The van der Waals surface area contributed by atoms with Gasteiger partial charge in [-0.25, -0.2) is 0 Å². The molecule has 140 valence electrons. The summed E-state index contributed by atoms with van der Waals surface area (Å²) in [6.45, 7) is 11.8. The molecule has 1 aromatic heterocycles. The van der Waals surface area contributed by atoms with Crippen LogP contribution in [0.3, 0.4) is 0 Å². The normalized spacial score (nSPS) is 22.3. The molecule has 0 radical (unpaired) electrons. The molecule has 0 fully saturated rings. The van der Waals surface area contributed by atoms with Crippen LogP contribution in [-0.4, -0.2) is 4.57 Å². The van der Waals surface area contributed by atoms with Gasteiger partial charge in [-0.3, -0.25) is 0 Å². The number of rotatable bonds is 3. The third kappa shape index (κ3) is 3.28. The van der Waals surface area contributed by atoms with Crippen molar-refractivity contribution in [2.45, 2.75) is 37.9 Å². The maximum Gasteiger partial charge on any atom is -1.00 e. The van der Waals surface area contributed by atoms with E-state index in [-0.39, 0.29) is 33.5 Å². The fourth-order valence-electron chi connectivity index (χ4n) is 4.29. The van der Waals surface area contributed by atoms with Gasteiger partial charge in [-0.15, -0.1) is 0 Å². The molecule has 0 N–H and O–H groups in total. The molecular weight excluding hydrogens is 540 g/mol. The van der Waals surface area contributed by atoms with Crippen LogP contribution in [0.25, 0.3) is 6.08 Å². The minimum Gasteiger partial charge on any atom is -1.00 e. The molecule has 2 aliphatic carbocycles. The van der Waals surface area contributed by atoms with Gasteiger partial charge in [0, 0.05) is 0 Å². The van der Waals surface area contributed by atoms with E-state index in [1.165, 1.54) is 16.7 Å². The molecule has 0 aliphatic heterocycles. The largest absolute Gasteiger partial charge is 1.00 e. The predicted molar refractivity (Wildman–Crippen MR) is 102 cm³/mol. The van der Waals surface area contributed by atoms with Crippen molar-refractivity contribution >= 4 is 6.08 Å². The second-order valence-electron chi connectivity index (χ2n) is 7.78. The zero-order valence-electron chi connectivity index (χ0n) is 16.5. The third-order valence-corrected chi connectivity index (χ3v) is 14.6. The van der Waals surface area contributed by atoms with E-state index in [1.807, 2.05) is 0 Å². The summed E-state index contributed by atoms with van der Waals surface area (Å²) in [6.07, 6.45) is 9.34. The van der Waals surface area contributed by atoms with Crippen LogP contribution < -0.4 is 24.8 Å². The van der Waals surface area contributed by atoms with Crippen LogP contribution in [0, 0.1) is 5.41 Å². The summed E-state index contributed by atoms with van der Waals surface area (Å²) < 4.78 is 4.30. The topological polar surface area (TPSA) is 4.93 Å². The number of halogens is 2. The SMILES string of the molecule is CC1=C(C)C(C)(C)[C]([Hf+2][C]2(n3cccc3)C=Cc3ccccc32)=C1C.[Cl-].[Cl-]. The molecule has 1 nitrogen and oxygen atoms in total. The fraction of sp³-hybridized carbons (Fsp3) is 0.304.